The maximum atomic E-state index is 12.4. The molecule has 1 fully saturated rings. The lowest BCUT2D eigenvalue weighted by Crippen LogP contribution is -2.31. The SMILES string of the molecule is COc1ccc(C)cc1NC(=O)c1cnc(N2CCCCC2)nc1. The van der Waals surface area contributed by atoms with Gasteiger partial charge in [0.05, 0.1) is 18.4 Å². The number of carbonyl (C=O) groups is 1. The van der Waals surface area contributed by atoms with E-state index in [2.05, 4.69) is 20.2 Å². The van der Waals surface area contributed by atoms with Crippen molar-refractivity contribution in [3.63, 3.8) is 0 Å². The van der Waals surface area contributed by atoms with Crippen molar-refractivity contribution in [2.45, 2.75) is 26.2 Å². The number of benzene rings is 1. The van der Waals surface area contributed by atoms with Crippen molar-refractivity contribution < 1.29 is 9.53 Å². The van der Waals surface area contributed by atoms with E-state index in [0.29, 0.717) is 22.9 Å². The Morgan fingerprint density at radius 1 is 1.17 bits per heavy atom. The van der Waals surface area contributed by atoms with Crippen LogP contribution in [0.3, 0.4) is 0 Å². The molecular formula is C18H22N4O2. The number of rotatable bonds is 4. The first kappa shape index (κ1) is 16.2. The Bertz CT molecular complexity index is 709. The lowest BCUT2D eigenvalue weighted by Gasteiger charge is -2.26. The fourth-order valence-electron chi connectivity index (χ4n) is 2.81. The van der Waals surface area contributed by atoms with Gasteiger partial charge in [0.1, 0.15) is 5.75 Å². The zero-order valence-corrected chi connectivity index (χ0v) is 14.1. The lowest BCUT2D eigenvalue weighted by atomic mass is 10.1. The van der Waals surface area contributed by atoms with E-state index < -0.39 is 0 Å². The van der Waals surface area contributed by atoms with Crippen LogP contribution in [0.25, 0.3) is 0 Å². The first-order chi connectivity index (χ1) is 11.7. The summed E-state index contributed by atoms with van der Waals surface area (Å²) >= 11 is 0. The number of amides is 1. The van der Waals surface area contributed by atoms with Gasteiger partial charge in [-0.25, -0.2) is 9.97 Å². The second-order valence-electron chi connectivity index (χ2n) is 5.98. The summed E-state index contributed by atoms with van der Waals surface area (Å²) in [4.78, 5) is 23.3. The Hall–Kier alpha value is -2.63. The van der Waals surface area contributed by atoms with Crippen LogP contribution < -0.4 is 15.0 Å². The van der Waals surface area contributed by atoms with Crippen molar-refractivity contribution in [1.82, 2.24) is 9.97 Å². The summed E-state index contributed by atoms with van der Waals surface area (Å²) in [6.07, 6.45) is 6.75. The van der Waals surface area contributed by atoms with Gasteiger partial charge in [0.2, 0.25) is 5.95 Å². The number of hydrogen-bond acceptors (Lipinski definition) is 5. The molecule has 0 radical (unpaired) electrons. The van der Waals surface area contributed by atoms with Crippen LogP contribution in [0.5, 0.6) is 5.75 Å². The van der Waals surface area contributed by atoms with Crippen LogP contribution in [0, 0.1) is 6.92 Å². The third-order valence-corrected chi connectivity index (χ3v) is 4.14. The molecule has 0 bridgehead atoms. The molecule has 1 aromatic heterocycles. The fraction of sp³-hybridized carbons (Fsp3) is 0.389. The van der Waals surface area contributed by atoms with E-state index in [0.717, 1.165) is 18.7 Å². The predicted molar refractivity (Wildman–Crippen MR) is 93.8 cm³/mol. The van der Waals surface area contributed by atoms with E-state index >= 15 is 0 Å². The second-order valence-corrected chi connectivity index (χ2v) is 5.98. The Labute approximate surface area is 141 Å². The number of methoxy groups -OCH3 is 1. The van der Waals surface area contributed by atoms with Crippen molar-refractivity contribution in [1.29, 1.82) is 0 Å². The lowest BCUT2D eigenvalue weighted by molar-refractivity contribution is 0.102. The number of aryl methyl sites for hydroxylation is 1. The van der Waals surface area contributed by atoms with Crippen LogP contribution >= 0.6 is 0 Å². The van der Waals surface area contributed by atoms with Gasteiger partial charge in [0, 0.05) is 25.5 Å². The first-order valence-corrected chi connectivity index (χ1v) is 8.20. The number of nitrogens with one attached hydrogen (secondary N) is 1. The summed E-state index contributed by atoms with van der Waals surface area (Å²) in [7, 11) is 1.58. The molecule has 0 spiro atoms. The van der Waals surface area contributed by atoms with Crippen molar-refractivity contribution in [2.24, 2.45) is 0 Å². The maximum absolute atomic E-state index is 12.4. The minimum absolute atomic E-state index is 0.246. The van der Waals surface area contributed by atoms with Gasteiger partial charge in [0.15, 0.2) is 0 Å². The molecular weight excluding hydrogens is 304 g/mol. The molecule has 1 aliphatic rings. The van der Waals surface area contributed by atoms with Gasteiger partial charge in [-0.3, -0.25) is 4.79 Å². The monoisotopic (exact) mass is 326 g/mol. The van der Waals surface area contributed by atoms with Gasteiger partial charge < -0.3 is 15.0 Å². The van der Waals surface area contributed by atoms with Crippen LogP contribution in [0.1, 0.15) is 35.2 Å². The minimum Gasteiger partial charge on any atom is -0.495 e. The third-order valence-electron chi connectivity index (χ3n) is 4.14. The zero-order chi connectivity index (χ0) is 16.9. The maximum Gasteiger partial charge on any atom is 0.258 e. The number of anilines is 2. The minimum atomic E-state index is -0.246. The highest BCUT2D eigenvalue weighted by Gasteiger charge is 2.15. The van der Waals surface area contributed by atoms with Crippen LogP contribution in [0.2, 0.25) is 0 Å². The molecule has 24 heavy (non-hydrogen) atoms. The molecule has 0 aliphatic carbocycles. The van der Waals surface area contributed by atoms with E-state index in [-0.39, 0.29) is 5.91 Å². The van der Waals surface area contributed by atoms with Crippen LogP contribution in [0.4, 0.5) is 11.6 Å². The van der Waals surface area contributed by atoms with Crippen LogP contribution in [0.15, 0.2) is 30.6 Å². The summed E-state index contributed by atoms with van der Waals surface area (Å²) in [6, 6.07) is 5.64. The number of hydrogen-bond donors (Lipinski definition) is 1. The number of aromatic nitrogens is 2. The third kappa shape index (κ3) is 3.64. The molecule has 1 aromatic carbocycles. The number of piperidine rings is 1. The molecule has 2 aromatic rings. The fourth-order valence-corrected chi connectivity index (χ4v) is 2.81. The summed E-state index contributed by atoms with van der Waals surface area (Å²) < 4.78 is 5.28. The van der Waals surface area contributed by atoms with Gasteiger partial charge in [-0.2, -0.15) is 0 Å². The highest BCUT2D eigenvalue weighted by molar-refractivity contribution is 6.04. The van der Waals surface area contributed by atoms with E-state index in [1.165, 1.54) is 19.3 Å². The summed E-state index contributed by atoms with van der Waals surface area (Å²) in [5.41, 5.74) is 2.12. The predicted octanol–water partition coefficient (Wildman–Crippen LogP) is 3.04. The molecule has 126 valence electrons. The van der Waals surface area contributed by atoms with Crippen molar-refractivity contribution >= 4 is 17.5 Å². The number of nitrogens with zero attached hydrogens (tertiary/aromatic N) is 3. The highest BCUT2D eigenvalue weighted by Crippen LogP contribution is 2.25. The van der Waals surface area contributed by atoms with Crippen molar-refractivity contribution in [2.75, 3.05) is 30.4 Å². The van der Waals surface area contributed by atoms with E-state index in [1.54, 1.807) is 19.5 Å². The molecule has 2 heterocycles. The van der Waals surface area contributed by atoms with Gasteiger partial charge in [-0.05, 0) is 43.9 Å². The van der Waals surface area contributed by atoms with Gasteiger partial charge in [0.25, 0.3) is 5.91 Å². The van der Waals surface area contributed by atoms with Crippen molar-refractivity contribution in [3.05, 3.63) is 41.7 Å². The summed E-state index contributed by atoms with van der Waals surface area (Å²) in [5.74, 6) is 1.07. The van der Waals surface area contributed by atoms with Gasteiger partial charge in [-0.15, -0.1) is 0 Å². The summed E-state index contributed by atoms with van der Waals surface area (Å²) in [6.45, 7) is 3.92. The molecule has 0 atom stereocenters. The van der Waals surface area contributed by atoms with E-state index in [9.17, 15) is 4.79 Å². The Morgan fingerprint density at radius 3 is 2.54 bits per heavy atom. The van der Waals surface area contributed by atoms with Gasteiger partial charge in [-0.1, -0.05) is 6.07 Å². The molecule has 0 unspecified atom stereocenters. The zero-order valence-electron chi connectivity index (χ0n) is 14.1. The quantitative estimate of drug-likeness (QED) is 0.935. The molecule has 6 nitrogen and oxygen atoms in total. The number of carbonyl (C=O) groups excluding carboxylic acids is 1. The van der Waals surface area contributed by atoms with E-state index in [1.807, 2.05) is 25.1 Å². The molecule has 1 saturated heterocycles. The smallest absolute Gasteiger partial charge is 0.258 e. The molecule has 6 heteroatoms. The van der Waals surface area contributed by atoms with Gasteiger partial charge >= 0.3 is 0 Å². The number of ether oxygens (including phenoxy) is 1. The molecule has 3 rings (SSSR count). The average molecular weight is 326 g/mol. The van der Waals surface area contributed by atoms with E-state index in [4.69, 9.17) is 4.74 Å². The Morgan fingerprint density at radius 2 is 1.88 bits per heavy atom. The molecule has 1 aliphatic heterocycles. The Balaban J connectivity index is 1.72. The topological polar surface area (TPSA) is 67.3 Å². The van der Waals surface area contributed by atoms with Crippen molar-refractivity contribution in [3.8, 4) is 5.75 Å². The highest BCUT2D eigenvalue weighted by atomic mass is 16.5. The Kier molecular flexibility index (Phi) is 4.93. The molecule has 1 amide bonds. The summed E-state index contributed by atoms with van der Waals surface area (Å²) in [5, 5.41) is 2.86. The van der Waals surface area contributed by atoms with Crippen LogP contribution in [-0.2, 0) is 0 Å². The molecule has 0 saturated carbocycles. The first-order valence-electron chi connectivity index (χ1n) is 8.20. The standard InChI is InChI=1S/C18H22N4O2/c1-13-6-7-16(24-2)15(10-13)21-17(23)14-11-19-18(20-12-14)22-8-4-3-5-9-22/h6-7,10-12H,3-5,8-9H2,1-2H3,(H,21,23). The average Bonchev–Trinajstić information content (AvgIpc) is 2.63. The van der Waals surface area contributed by atoms with Crippen LogP contribution in [-0.4, -0.2) is 36.1 Å². The molecule has 1 N–H and O–H groups in total. The normalized spacial score (nSPS) is 14.3. The largest absolute Gasteiger partial charge is 0.495 e. The second kappa shape index (κ2) is 7.29.